The summed E-state index contributed by atoms with van der Waals surface area (Å²) in [7, 11) is -4.74. The number of phosphoric acid groups is 1. The van der Waals surface area contributed by atoms with Crippen LogP contribution in [0.25, 0.3) is 0 Å². The molecule has 0 aliphatic carbocycles. The number of carbonyl (C=O) groups is 2. The first kappa shape index (κ1) is 41.8. The molecular formula is C34H65O8P. The molecule has 43 heavy (non-hydrogen) atoms. The van der Waals surface area contributed by atoms with Gasteiger partial charge < -0.3 is 19.3 Å². The fraction of sp³-hybridized carbons (Fsp3) is 0.882. The average molecular weight is 633 g/mol. The Morgan fingerprint density at radius 1 is 0.581 bits per heavy atom. The topological polar surface area (TPSA) is 119 Å². The molecule has 9 heteroatoms. The fourth-order valence-corrected chi connectivity index (χ4v) is 5.28. The Morgan fingerprint density at radius 2 is 1.02 bits per heavy atom. The zero-order chi connectivity index (χ0) is 31.9. The smallest absolute Gasteiger partial charge is 0.462 e. The van der Waals surface area contributed by atoms with Crippen LogP contribution in [0.3, 0.4) is 0 Å². The third kappa shape index (κ3) is 33.5. The molecule has 0 radical (unpaired) electrons. The highest BCUT2D eigenvalue weighted by Gasteiger charge is 2.22. The molecular weight excluding hydrogens is 567 g/mol. The summed E-state index contributed by atoms with van der Waals surface area (Å²) in [4.78, 5) is 42.4. The fourth-order valence-electron chi connectivity index (χ4n) is 4.92. The number of rotatable bonds is 32. The van der Waals surface area contributed by atoms with Gasteiger partial charge in [-0.2, -0.15) is 0 Å². The predicted octanol–water partition coefficient (Wildman–Crippen LogP) is 9.90. The van der Waals surface area contributed by atoms with Gasteiger partial charge in [-0.3, -0.25) is 14.1 Å². The van der Waals surface area contributed by atoms with Crippen molar-refractivity contribution >= 4 is 19.8 Å². The molecule has 0 saturated carbocycles. The summed E-state index contributed by atoms with van der Waals surface area (Å²) in [6.45, 7) is 3.62. The van der Waals surface area contributed by atoms with E-state index in [0.717, 1.165) is 32.1 Å². The highest BCUT2D eigenvalue weighted by atomic mass is 31.2. The molecule has 0 aliphatic heterocycles. The van der Waals surface area contributed by atoms with Gasteiger partial charge in [-0.1, -0.05) is 148 Å². The van der Waals surface area contributed by atoms with Gasteiger partial charge in [-0.25, -0.2) is 4.57 Å². The Labute approximate surface area is 263 Å². The van der Waals surface area contributed by atoms with Crippen LogP contribution in [-0.4, -0.2) is 41.0 Å². The molecule has 0 aromatic rings. The zero-order valence-corrected chi connectivity index (χ0v) is 28.5. The summed E-state index contributed by atoms with van der Waals surface area (Å²) in [6.07, 6.45) is 30.9. The molecule has 2 N–H and O–H groups in total. The van der Waals surface area contributed by atoms with Gasteiger partial charge >= 0.3 is 19.8 Å². The summed E-state index contributed by atoms with van der Waals surface area (Å²) in [6, 6.07) is 0. The number of phosphoric ester groups is 1. The first-order valence-electron chi connectivity index (χ1n) is 17.5. The lowest BCUT2D eigenvalue weighted by Crippen LogP contribution is -2.29. The van der Waals surface area contributed by atoms with Crippen LogP contribution in [-0.2, 0) is 28.2 Å². The van der Waals surface area contributed by atoms with Crippen LogP contribution >= 0.6 is 7.82 Å². The summed E-state index contributed by atoms with van der Waals surface area (Å²) in [5.74, 6) is -0.938. The van der Waals surface area contributed by atoms with Crippen molar-refractivity contribution in [1.29, 1.82) is 0 Å². The van der Waals surface area contributed by atoms with Gasteiger partial charge in [0.1, 0.15) is 6.61 Å². The molecule has 0 bridgehead atoms. The van der Waals surface area contributed by atoms with Crippen molar-refractivity contribution in [3.63, 3.8) is 0 Å². The van der Waals surface area contributed by atoms with Crippen LogP contribution in [0.5, 0.6) is 0 Å². The van der Waals surface area contributed by atoms with Gasteiger partial charge in [-0.05, 0) is 25.7 Å². The molecule has 0 aliphatic rings. The van der Waals surface area contributed by atoms with E-state index in [0.29, 0.717) is 12.8 Å². The molecule has 0 spiro atoms. The van der Waals surface area contributed by atoms with E-state index in [2.05, 4.69) is 24.4 Å². The number of unbranched alkanes of at least 4 members (excludes halogenated alkanes) is 20. The molecule has 0 fully saturated rings. The third-order valence-electron chi connectivity index (χ3n) is 7.55. The maximum atomic E-state index is 12.3. The highest BCUT2D eigenvalue weighted by Crippen LogP contribution is 2.35. The quantitative estimate of drug-likeness (QED) is 0.0325. The van der Waals surface area contributed by atoms with E-state index in [1.54, 1.807) is 0 Å². The molecule has 8 nitrogen and oxygen atoms in total. The number of ether oxygens (including phenoxy) is 2. The minimum atomic E-state index is -4.74. The highest BCUT2D eigenvalue weighted by molar-refractivity contribution is 7.46. The zero-order valence-electron chi connectivity index (χ0n) is 27.6. The molecule has 1 atom stereocenters. The maximum Gasteiger partial charge on any atom is 0.469 e. The van der Waals surface area contributed by atoms with E-state index >= 15 is 0 Å². The summed E-state index contributed by atoms with van der Waals surface area (Å²) < 4.78 is 26.1. The molecule has 0 amide bonds. The number of allylic oxidation sites excluding steroid dienone is 2. The van der Waals surface area contributed by atoms with E-state index in [4.69, 9.17) is 19.3 Å². The van der Waals surface area contributed by atoms with Crippen LogP contribution in [0.1, 0.15) is 174 Å². The second-order valence-electron chi connectivity index (χ2n) is 11.8. The maximum absolute atomic E-state index is 12.3. The molecule has 0 unspecified atom stereocenters. The lowest BCUT2D eigenvalue weighted by atomic mass is 10.1. The van der Waals surface area contributed by atoms with E-state index < -0.39 is 32.5 Å². The molecule has 0 heterocycles. The molecule has 0 saturated heterocycles. The Morgan fingerprint density at radius 3 is 1.51 bits per heavy atom. The van der Waals surface area contributed by atoms with Crippen LogP contribution in [0, 0.1) is 0 Å². The van der Waals surface area contributed by atoms with Crippen molar-refractivity contribution in [3.8, 4) is 0 Å². The first-order valence-corrected chi connectivity index (χ1v) is 19.0. The minimum absolute atomic E-state index is 0.188. The van der Waals surface area contributed by atoms with Gasteiger partial charge in [0.2, 0.25) is 0 Å². The monoisotopic (exact) mass is 632 g/mol. The van der Waals surface area contributed by atoms with Crippen molar-refractivity contribution in [2.45, 2.75) is 180 Å². The standard InChI is InChI=1S/C34H65O8P/c1-3-5-7-9-11-13-15-16-17-18-19-21-22-24-26-28-33(35)40-30-32(31-41-43(37,38)39)42-34(36)29-27-25-23-20-14-12-10-8-6-4-2/h22,24,32H,3-21,23,25-31H2,1-2H3,(H2,37,38,39)/b24-22+/t32-/m1/s1. The van der Waals surface area contributed by atoms with Crippen LogP contribution < -0.4 is 0 Å². The van der Waals surface area contributed by atoms with Gasteiger partial charge in [0.05, 0.1) is 6.61 Å². The van der Waals surface area contributed by atoms with Gasteiger partial charge in [0.15, 0.2) is 6.10 Å². The first-order chi connectivity index (χ1) is 20.8. The Kier molecular flexibility index (Phi) is 29.9. The van der Waals surface area contributed by atoms with Crippen LogP contribution in [0.2, 0.25) is 0 Å². The largest absolute Gasteiger partial charge is 0.469 e. The van der Waals surface area contributed by atoms with E-state index in [-0.39, 0.29) is 19.4 Å². The molecule has 254 valence electrons. The number of hydrogen-bond acceptors (Lipinski definition) is 6. The second kappa shape index (κ2) is 30.8. The van der Waals surface area contributed by atoms with Gasteiger partial charge in [0.25, 0.3) is 0 Å². The lowest BCUT2D eigenvalue weighted by molar-refractivity contribution is -0.161. The summed E-state index contributed by atoms with van der Waals surface area (Å²) in [5, 5.41) is 0. The molecule has 0 aromatic carbocycles. The SMILES string of the molecule is CCCCCCCCCCCCC/C=C/CCC(=O)OC[C@H](COP(=O)(O)O)OC(=O)CCCCCCCCCCCC. The van der Waals surface area contributed by atoms with Crippen molar-refractivity contribution in [1.82, 2.24) is 0 Å². The van der Waals surface area contributed by atoms with Crippen LogP contribution in [0.4, 0.5) is 0 Å². The summed E-state index contributed by atoms with van der Waals surface area (Å²) in [5.41, 5.74) is 0. The lowest BCUT2D eigenvalue weighted by Gasteiger charge is -2.18. The van der Waals surface area contributed by atoms with Gasteiger partial charge in [-0.15, -0.1) is 0 Å². The predicted molar refractivity (Wildman–Crippen MR) is 175 cm³/mol. The Balaban J connectivity index is 4.00. The Bertz CT molecular complexity index is 721. The van der Waals surface area contributed by atoms with Crippen molar-refractivity contribution in [2.75, 3.05) is 13.2 Å². The Hall–Kier alpha value is -1.21. The number of hydrogen-bond donors (Lipinski definition) is 2. The van der Waals surface area contributed by atoms with Crippen molar-refractivity contribution in [3.05, 3.63) is 12.2 Å². The molecule has 0 rings (SSSR count). The third-order valence-corrected chi connectivity index (χ3v) is 8.03. The second-order valence-corrected chi connectivity index (χ2v) is 13.1. The normalized spacial score (nSPS) is 12.6. The van der Waals surface area contributed by atoms with Crippen molar-refractivity contribution < 1.29 is 37.9 Å². The number of esters is 2. The molecule has 0 aromatic heterocycles. The van der Waals surface area contributed by atoms with E-state index in [1.165, 1.54) is 103 Å². The number of carbonyl (C=O) groups excluding carboxylic acids is 2. The minimum Gasteiger partial charge on any atom is -0.462 e. The summed E-state index contributed by atoms with van der Waals surface area (Å²) >= 11 is 0. The van der Waals surface area contributed by atoms with Gasteiger partial charge in [0, 0.05) is 12.8 Å². The van der Waals surface area contributed by atoms with E-state index in [9.17, 15) is 14.2 Å². The van der Waals surface area contributed by atoms with Crippen LogP contribution in [0.15, 0.2) is 12.2 Å². The van der Waals surface area contributed by atoms with Crippen molar-refractivity contribution in [2.24, 2.45) is 0 Å². The average Bonchev–Trinajstić information content (AvgIpc) is 2.97. The van der Waals surface area contributed by atoms with E-state index in [1.807, 2.05) is 6.08 Å².